The summed E-state index contributed by atoms with van der Waals surface area (Å²) < 4.78 is 42.3. The molecule has 1 saturated carbocycles. The number of benzene rings is 1. The zero-order valence-electron chi connectivity index (χ0n) is 21.3. The molecule has 5 rings (SSSR count). The number of carbonyl (C=O) groups is 1. The first-order valence-electron chi connectivity index (χ1n) is 12.2. The molecule has 0 unspecified atom stereocenters. The van der Waals surface area contributed by atoms with Crippen molar-refractivity contribution in [3.63, 3.8) is 0 Å². The number of aromatic amines is 1. The molecule has 0 radical (unpaired) electrons. The molecule has 3 heterocycles. The number of ether oxygens (including phenoxy) is 2. The van der Waals surface area contributed by atoms with Crippen LogP contribution in [0.5, 0.6) is 5.75 Å². The van der Waals surface area contributed by atoms with Crippen molar-refractivity contribution in [2.45, 2.75) is 56.5 Å². The van der Waals surface area contributed by atoms with Crippen molar-refractivity contribution in [2.75, 3.05) is 20.8 Å². The first-order valence-corrected chi connectivity index (χ1v) is 12.2. The van der Waals surface area contributed by atoms with Crippen molar-refractivity contribution in [1.29, 1.82) is 0 Å². The number of carboxylic acid groups (broad SMARTS) is 1. The van der Waals surface area contributed by atoms with Crippen molar-refractivity contribution in [3.8, 4) is 11.4 Å². The zero-order valence-corrected chi connectivity index (χ0v) is 21.3. The predicted molar refractivity (Wildman–Crippen MR) is 135 cm³/mol. The quantitative estimate of drug-likeness (QED) is 0.343. The van der Waals surface area contributed by atoms with Crippen molar-refractivity contribution in [3.05, 3.63) is 47.5 Å². The summed E-state index contributed by atoms with van der Waals surface area (Å²) in [4.78, 5) is 16.5. The van der Waals surface area contributed by atoms with Gasteiger partial charge in [-0.1, -0.05) is 13.8 Å². The Morgan fingerprint density at radius 3 is 2.65 bits per heavy atom. The van der Waals surface area contributed by atoms with E-state index in [2.05, 4.69) is 24.0 Å². The Labute approximate surface area is 212 Å². The Hall–Kier alpha value is -3.53. The molecule has 0 atom stereocenters. The van der Waals surface area contributed by atoms with E-state index in [9.17, 15) is 14.3 Å². The highest BCUT2D eigenvalue weighted by atomic mass is 19.1. The summed E-state index contributed by atoms with van der Waals surface area (Å²) >= 11 is 0. The molecule has 10 heteroatoms. The standard InChI is InChI=1S/C27H30F2N4O4/c1-26(2,14-36-3)23-21(15-7-9-27(29,10-8-15)25(34)35)22-19(11-16-13-30-32-24(16)31-22)33(23)17-5-6-18(28)20(12-17)37-4/h5-6,11-13,15H,7-10,14H2,1-4H3,(H,34,35)(H,30,31,32). The predicted octanol–water partition coefficient (Wildman–Crippen LogP) is 5.42. The molecule has 8 nitrogen and oxygen atoms in total. The Balaban J connectivity index is 1.82. The number of H-pyrrole nitrogens is 1. The molecule has 0 spiro atoms. The molecule has 3 aromatic heterocycles. The number of rotatable bonds is 7. The molecule has 4 aromatic rings. The summed E-state index contributed by atoms with van der Waals surface area (Å²) in [6.07, 6.45) is 2.23. The van der Waals surface area contributed by atoms with Crippen LogP contribution in [0.1, 0.15) is 56.7 Å². The fraction of sp³-hybridized carbons (Fsp3) is 0.444. The Kier molecular flexibility index (Phi) is 6.18. The zero-order chi connectivity index (χ0) is 26.5. The number of pyridine rings is 1. The molecular formula is C27H30F2N4O4. The Morgan fingerprint density at radius 2 is 2.00 bits per heavy atom. The number of hydrogen-bond donors (Lipinski definition) is 2. The van der Waals surface area contributed by atoms with Crippen LogP contribution in [-0.2, 0) is 14.9 Å². The number of fused-ring (bicyclic) bond motifs is 2. The number of carboxylic acids is 1. The number of aromatic nitrogens is 4. The van der Waals surface area contributed by atoms with Crippen LogP contribution in [0.2, 0.25) is 0 Å². The summed E-state index contributed by atoms with van der Waals surface area (Å²) in [6, 6.07) is 6.67. The number of methoxy groups -OCH3 is 2. The molecule has 1 aliphatic rings. The van der Waals surface area contributed by atoms with Gasteiger partial charge in [-0.05, 0) is 49.8 Å². The van der Waals surface area contributed by atoms with E-state index in [0.717, 1.165) is 22.2 Å². The molecule has 196 valence electrons. The maximum atomic E-state index is 15.0. The summed E-state index contributed by atoms with van der Waals surface area (Å²) in [5.41, 5.74) is 1.85. The highest BCUT2D eigenvalue weighted by Crippen LogP contribution is 2.48. The van der Waals surface area contributed by atoms with Gasteiger partial charge in [-0.3, -0.25) is 5.10 Å². The normalized spacial score (nSPS) is 20.5. The summed E-state index contributed by atoms with van der Waals surface area (Å²) in [5.74, 6) is -1.91. The number of halogens is 2. The average Bonchev–Trinajstić information content (AvgIpc) is 3.45. The smallest absolute Gasteiger partial charge is 0.341 e. The highest BCUT2D eigenvalue weighted by molar-refractivity contribution is 5.94. The van der Waals surface area contributed by atoms with Gasteiger partial charge in [0, 0.05) is 40.9 Å². The maximum absolute atomic E-state index is 15.0. The lowest BCUT2D eigenvalue weighted by Crippen LogP contribution is -2.38. The number of nitrogens with zero attached hydrogens (tertiary/aromatic N) is 3. The van der Waals surface area contributed by atoms with Gasteiger partial charge in [-0.2, -0.15) is 5.10 Å². The lowest BCUT2D eigenvalue weighted by atomic mass is 9.74. The van der Waals surface area contributed by atoms with Gasteiger partial charge in [-0.15, -0.1) is 0 Å². The first-order chi connectivity index (χ1) is 17.6. The van der Waals surface area contributed by atoms with Gasteiger partial charge >= 0.3 is 5.97 Å². The van der Waals surface area contributed by atoms with Gasteiger partial charge in [0.2, 0.25) is 5.67 Å². The van der Waals surface area contributed by atoms with Crippen molar-refractivity contribution in [1.82, 2.24) is 19.7 Å². The molecule has 0 bridgehead atoms. The van der Waals surface area contributed by atoms with E-state index in [-0.39, 0.29) is 24.5 Å². The van der Waals surface area contributed by atoms with E-state index in [1.165, 1.54) is 13.2 Å². The largest absolute Gasteiger partial charge is 0.494 e. The Bertz CT molecular complexity index is 1480. The lowest BCUT2D eigenvalue weighted by molar-refractivity contribution is -0.153. The molecule has 1 aromatic carbocycles. The van der Waals surface area contributed by atoms with Gasteiger partial charge in [0.1, 0.15) is 0 Å². The van der Waals surface area contributed by atoms with Crippen LogP contribution in [0.15, 0.2) is 30.5 Å². The Morgan fingerprint density at radius 1 is 1.27 bits per heavy atom. The third-order valence-electron chi connectivity index (χ3n) is 7.49. The third kappa shape index (κ3) is 4.13. The maximum Gasteiger partial charge on any atom is 0.341 e. The van der Waals surface area contributed by atoms with Crippen LogP contribution in [0.4, 0.5) is 8.78 Å². The minimum absolute atomic E-state index is 0.0828. The molecule has 0 saturated heterocycles. The molecule has 1 fully saturated rings. The van der Waals surface area contributed by atoms with Crippen molar-refractivity contribution >= 4 is 28.0 Å². The third-order valence-corrected chi connectivity index (χ3v) is 7.49. The van der Waals surface area contributed by atoms with Gasteiger partial charge in [-0.25, -0.2) is 18.6 Å². The number of nitrogens with one attached hydrogen (secondary N) is 1. The van der Waals surface area contributed by atoms with Gasteiger partial charge in [0.25, 0.3) is 0 Å². The summed E-state index contributed by atoms with van der Waals surface area (Å²) in [6.45, 7) is 4.49. The monoisotopic (exact) mass is 512 g/mol. The SMILES string of the molecule is COCC(C)(C)c1c(C2CCC(F)(C(=O)O)CC2)c2nc3[nH]ncc3cc2n1-c1ccc(F)c(OC)c1. The first kappa shape index (κ1) is 25.1. The van der Waals surface area contributed by atoms with E-state index < -0.39 is 22.9 Å². The second-order valence-electron chi connectivity index (χ2n) is 10.4. The summed E-state index contributed by atoms with van der Waals surface area (Å²) in [5, 5.41) is 17.3. The van der Waals surface area contributed by atoms with Crippen molar-refractivity contribution < 1.29 is 28.2 Å². The van der Waals surface area contributed by atoms with Crippen LogP contribution in [0.25, 0.3) is 27.8 Å². The fourth-order valence-corrected chi connectivity index (χ4v) is 5.71. The fourth-order valence-electron chi connectivity index (χ4n) is 5.71. The van der Waals surface area contributed by atoms with Crippen LogP contribution >= 0.6 is 0 Å². The highest BCUT2D eigenvalue weighted by Gasteiger charge is 2.45. The van der Waals surface area contributed by atoms with E-state index in [4.69, 9.17) is 14.5 Å². The van der Waals surface area contributed by atoms with Crippen LogP contribution in [0.3, 0.4) is 0 Å². The molecule has 1 aliphatic carbocycles. The number of hydrogen-bond acceptors (Lipinski definition) is 5. The average molecular weight is 513 g/mol. The molecule has 37 heavy (non-hydrogen) atoms. The van der Waals surface area contributed by atoms with Crippen molar-refractivity contribution in [2.24, 2.45) is 0 Å². The van der Waals surface area contributed by atoms with Crippen LogP contribution in [-0.4, -0.2) is 57.3 Å². The van der Waals surface area contributed by atoms with E-state index in [1.807, 2.05) is 10.6 Å². The molecule has 2 N–H and O–H groups in total. The second-order valence-corrected chi connectivity index (χ2v) is 10.4. The number of alkyl halides is 1. The minimum atomic E-state index is -2.23. The van der Waals surface area contributed by atoms with Crippen LogP contribution < -0.4 is 4.74 Å². The van der Waals surface area contributed by atoms with Gasteiger partial charge < -0.3 is 19.1 Å². The lowest BCUT2D eigenvalue weighted by Gasteiger charge is -2.34. The van der Waals surface area contributed by atoms with E-state index >= 15 is 4.39 Å². The molecule has 0 amide bonds. The van der Waals surface area contributed by atoms with E-state index in [0.29, 0.717) is 36.3 Å². The van der Waals surface area contributed by atoms with Gasteiger partial charge in [0.15, 0.2) is 17.2 Å². The minimum Gasteiger partial charge on any atom is -0.494 e. The van der Waals surface area contributed by atoms with E-state index in [1.54, 1.807) is 25.4 Å². The second kappa shape index (κ2) is 9.09. The van der Waals surface area contributed by atoms with Gasteiger partial charge in [0.05, 0.1) is 30.9 Å². The summed E-state index contributed by atoms with van der Waals surface area (Å²) in [7, 11) is 3.05. The topological polar surface area (TPSA) is 102 Å². The molecular weight excluding hydrogens is 482 g/mol. The van der Waals surface area contributed by atoms with Crippen LogP contribution in [0, 0.1) is 5.82 Å². The number of aliphatic carboxylic acids is 1. The molecule has 0 aliphatic heterocycles.